The number of benzene rings is 1. The Balaban J connectivity index is 1.76. The second-order valence-electron chi connectivity index (χ2n) is 8.13. The van der Waals surface area contributed by atoms with Crippen LogP contribution in [0.4, 0.5) is 5.82 Å². The number of nitrogens with one attached hydrogen (secondary N) is 1. The van der Waals surface area contributed by atoms with Crippen molar-refractivity contribution >= 4 is 19.5 Å². The van der Waals surface area contributed by atoms with Gasteiger partial charge in [0.05, 0.1) is 25.9 Å². The van der Waals surface area contributed by atoms with Crippen molar-refractivity contribution in [3.05, 3.63) is 53.1 Å². The Hall–Kier alpha value is -2.80. The molecular weight excluding hydrogens is 483 g/mol. The second-order valence-corrected chi connectivity index (χ2v) is 9.82. The first-order valence-electron chi connectivity index (χ1n) is 10.8. The van der Waals surface area contributed by atoms with E-state index in [9.17, 15) is 19.3 Å². The van der Waals surface area contributed by atoms with Gasteiger partial charge in [-0.25, -0.2) is 13.9 Å². The van der Waals surface area contributed by atoms with Crippen molar-refractivity contribution < 1.29 is 37.7 Å². The normalized spacial score (nSPS) is 22.5. The summed E-state index contributed by atoms with van der Waals surface area (Å²) >= 11 is 0. The van der Waals surface area contributed by atoms with Crippen LogP contribution in [-0.4, -0.2) is 58.2 Å². The molecule has 1 aliphatic rings. The van der Waals surface area contributed by atoms with Gasteiger partial charge < -0.3 is 29.6 Å². The van der Waals surface area contributed by atoms with Crippen molar-refractivity contribution in [3.8, 4) is 5.75 Å². The first-order valence-corrected chi connectivity index (χ1v) is 12.3. The van der Waals surface area contributed by atoms with Crippen molar-refractivity contribution in [2.75, 3.05) is 25.6 Å². The highest BCUT2D eigenvalue weighted by molar-refractivity contribution is 7.52. The van der Waals surface area contributed by atoms with Crippen molar-refractivity contribution in [3.63, 3.8) is 0 Å². The predicted molar refractivity (Wildman–Crippen MR) is 123 cm³/mol. The molecule has 3 rings (SSSR count). The Bertz CT molecular complexity index is 1110. The molecule has 0 radical (unpaired) electrons. The zero-order chi connectivity index (χ0) is 25.6. The third kappa shape index (κ3) is 7.10. The van der Waals surface area contributed by atoms with Crippen molar-refractivity contribution in [1.82, 2.24) is 14.6 Å². The fraction of sp³-hybridized carbons (Fsp3) is 0.476. The molecule has 4 N–H and O–H groups in total. The molecule has 1 saturated heterocycles. The summed E-state index contributed by atoms with van der Waals surface area (Å²) in [4.78, 5) is 28.0. The average Bonchev–Trinajstić information content (AvgIpc) is 3.23. The van der Waals surface area contributed by atoms with Crippen molar-refractivity contribution in [2.24, 2.45) is 0 Å². The fourth-order valence-corrected chi connectivity index (χ4v) is 4.53. The molecule has 14 heteroatoms. The van der Waals surface area contributed by atoms with Gasteiger partial charge in [0.2, 0.25) is 6.41 Å². The van der Waals surface area contributed by atoms with E-state index in [-0.39, 0.29) is 24.3 Å². The second kappa shape index (κ2) is 11.3. The molecule has 13 nitrogen and oxygen atoms in total. The fourth-order valence-electron chi connectivity index (χ4n) is 2.97. The van der Waals surface area contributed by atoms with E-state index in [0.29, 0.717) is 0 Å². The zero-order valence-electron chi connectivity index (χ0n) is 19.5. The molecule has 192 valence electrons. The maximum atomic E-state index is 13.6. The Morgan fingerprint density at radius 1 is 1.34 bits per heavy atom. The zero-order valence-corrected chi connectivity index (χ0v) is 20.4. The van der Waals surface area contributed by atoms with Gasteiger partial charge in [-0.15, -0.1) is 0 Å². The van der Waals surface area contributed by atoms with Crippen molar-refractivity contribution in [2.45, 2.75) is 44.9 Å². The maximum absolute atomic E-state index is 13.6. The number of hydrogen-bond donors (Lipinski definition) is 3. The standard InChI is InChI=1S/C21H29N4O9P/c1-14(2)32-18(27)15(3)24-35(29,34-16-7-5-4-6-8-16)31-13-21(11-26)12-30-20(33-21)25-10-9-17(22)23-19(25)28/h4-10,14-15,20,26H,11-13H2,1-3H3,(H,24,29)(H2,22,23,28)/t15?,20?,21-,35?/m1/s1. The van der Waals surface area contributed by atoms with E-state index >= 15 is 0 Å². The molecule has 0 bridgehead atoms. The summed E-state index contributed by atoms with van der Waals surface area (Å²) < 4.78 is 42.2. The van der Waals surface area contributed by atoms with Crippen LogP contribution in [0.5, 0.6) is 5.75 Å². The average molecular weight is 512 g/mol. The number of aliphatic hydroxyl groups is 1. The highest BCUT2D eigenvalue weighted by atomic mass is 31.2. The van der Waals surface area contributed by atoms with Crippen LogP contribution in [0.3, 0.4) is 0 Å². The molecule has 0 saturated carbocycles. The molecule has 2 heterocycles. The van der Waals surface area contributed by atoms with Crippen molar-refractivity contribution in [1.29, 1.82) is 0 Å². The van der Waals surface area contributed by atoms with Gasteiger partial charge in [-0.05, 0) is 39.0 Å². The lowest BCUT2D eigenvalue weighted by Crippen LogP contribution is -2.43. The van der Waals surface area contributed by atoms with Crippen LogP contribution in [0, 0.1) is 0 Å². The third-order valence-electron chi connectivity index (χ3n) is 4.73. The number of nitrogens with two attached hydrogens (primary N) is 1. The van der Waals surface area contributed by atoms with Crippen LogP contribution in [0.1, 0.15) is 27.2 Å². The van der Waals surface area contributed by atoms with Gasteiger partial charge >= 0.3 is 19.4 Å². The van der Waals surface area contributed by atoms with Gasteiger partial charge in [-0.3, -0.25) is 9.32 Å². The lowest BCUT2D eigenvalue weighted by Gasteiger charge is -2.28. The first kappa shape index (κ1) is 26.8. The number of anilines is 1. The first-order chi connectivity index (χ1) is 16.5. The number of nitrogen functional groups attached to an aromatic ring is 1. The minimum Gasteiger partial charge on any atom is -0.462 e. The number of para-hydroxylation sites is 1. The van der Waals surface area contributed by atoms with E-state index < -0.39 is 50.7 Å². The summed E-state index contributed by atoms with van der Waals surface area (Å²) in [6.45, 7) is 3.53. The molecule has 3 unspecified atom stereocenters. The highest BCUT2D eigenvalue weighted by Gasteiger charge is 2.45. The van der Waals surface area contributed by atoms with Gasteiger partial charge in [0.25, 0.3) is 0 Å². The van der Waals surface area contributed by atoms with E-state index in [2.05, 4.69) is 10.1 Å². The molecule has 1 aromatic carbocycles. The number of rotatable bonds is 11. The molecule has 0 amide bonds. The minimum atomic E-state index is -4.21. The molecule has 0 aliphatic carbocycles. The number of aliphatic hydroxyl groups excluding tert-OH is 1. The van der Waals surface area contributed by atoms with Gasteiger partial charge in [-0.1, -0.05) is 18.2 Å². The number of carbonyl (C=O) groups is 1. The van der Waals surface area contributed by atoms with Gasteiger partial charge in [0.1, 0.15) is 23.2 Å². The van der Waals surface area contributed by atoms with Crippen LogP contribution >= 0.6 is 7.75 Å². The van der Waals surface area contributed by atoms with Gasteiger partial charge in [0, 0.05) is 6.20 Å². The number of carbonyl (C=O) groups excluding carboxylic acids is 1. The predicted octanol–water partition coefficient (Wildman–Crippen LogP) is 1.19. The quantitative estimate of drug-likeness (QED) is 0.290. The van der Waals surface area contributed by atoms with Crippen LogP contribution in [0.25, 0.3) is 0 Å². The molecule has 4 atom stereocenters. The highest BCUT2D eigenvalue weighted by Crippen LogP contribution is 2.46. The van der Waals surface area contributed by atoms with E-state index in [0.717, 1.165) is 4.57 Å². The molecule has 1 aliphatic heterocycles. The topological polar surface area (TPSA) is 173 Å². The van der Waals surface area contributed by atoms with E-state index in [1.807, 2.05) is 0 Å². The molecule has 1 fully saturated rings. The van der Waals surface area contributed by atoms with Crippen LogP contribution in [0.15, 0.2) is 47.4 Å². The van der Waals surface area contributed by atoms with Crippen LogP contribution < -0.4 is 21.0 Å². The maximum Gasteiger partial charge on any atom is 0.459 e. The third-order valence-corrected chi connectivity index (χ3v) is 6.35. The number of hydrogen-bond acceptors (Lipinski definition) is 11. The summed E-state index contributed by atoms with van der Waals surface area (Å²) in [7, 11) is -4.21. The van der Waals surface area contributed by atoms with Crippen LogP contribution in [0.2, 0.25) is 0 Å². The largest absolute Gasteiger partial charge is 0.462 e. The molecule has 0 spiro atoms. The van der Waals surface area contributed by atoms with Crippen LogP contribution in [-0.2, 0) is 28.1 Å². The molecule has 35 heavy (non-hydrogen) atoms. The van der Waals surface area contributed by atoms with E-state index in [1.54, 1.807) is 44.2 Å². The summed E-state index contributed by atoms with van der Waals surface area (Å²) in [6.07, 6.45) is -0.281. The number of aromatic nitrogens is 2. The number of ether oxygens (including phenoxy) is 3. The Morgan fingerprint density at radius 3 is 2.69 bits per heavy atom. The Labute approximate surface area is 201 Å². The SMILES string of the molecule is CC(C)OC(=O)C(C)NP(=O)(OC[C@@]1(CO)COC(n2ccc(N)nc2=O)O1)Oc1ccccc1. The van der Waals surface area contributed by atoms with E-state index in [4.69, 9.17) is 29.0 Å². The summed E-state index contributed by atoms with van der Waals surface area (Å²) in [6, 6.07) is 8.53. The summed E-state index contributed by atoms with van der Waals surface area (Å²) in [5.41, 5.74) is 3.29. The number of esters is 1. The lowest BCUT2D eigenvalue weighted by molar-refractivity contribution is -0.159. The Morgan fingerprint density at radius 2 is 2.06 bits per heavy atom. The lowest BCUT2D eigenvalue weighted by atomic mass is 10.1. The molecular formula is C21H29N4O9P. The summed E-state index contributed by atoms with van der Waals surface area (Å²) in [5, 5.41) is 12.6. The van der Waals surface area contributed by atoms with Gasteiger partial charge in [0.15, 0.2) is 0 Å². The monoisotopic (exact) mass is 512 g/mol. The number of nitrogens with zero attached hydrogens (tertiary/aromatic N) is 2. The summed E-state index contributed by atoms with van der Waals surface area (Å²) in [5.74, 6) is -0.420. The smallest absolute Gasteiger partial charge is 0.459 e. The molecule has 2 aromatic rings. The molecule has 1 aromatic heterocycles. The minimum absolute atomic E-state index is 0.0242. The van der Waals surface area contributed by atoms with E-state index in [1.165, 1.54) is 19.2 Å². The van der Waals surface area contributed by atoms with Gasteiger partial charge in [-0.2, -0.15) is 10.1 Å². The Kier molecular flexibility index (Phi) is 8.65.